The van der Waals surface area contributed by atoms with E-state index in [1.54, 1.807) is 13.0 Å². The van der Waals surface area contributed by atoms with Gasteiger partial charge in [0.2, 0.25) is 0 Å². The summed E-state index contributed by atoms with van der Waals surface area (Å²) in [6, 6.07) is 13.5. The Balaban J connectivity index is 2.31. The van der Waals surface area contributed by atoms with Crippen LogP contribution in [0.2, 0.25) is 16.6 Å². The topological polar surface area (TPSA) is 58.9 Å². The summed E-state index contributed by atoms with van der Waals surface area (Å²) in [6.45, 7) is 15.4. The van der Waals surface area contributed by atoms with Crippen LogP contribution >= 0.6 is 11.8 Å². The first-order valence-corrected chi connectivity index (χ1v) is 14.1. The molecule has 2 aromatic rings. The summed E-state index contributed by atoms with van der Waals surface area (Å²) in [5, 5.41) is 20.7. The van der Waals surface area contributed by atoms with Gasteiger partial charge in [0.25, 0.3) is 8.32 Å². The first-order valence-electron chi connectivity index (χ1n) is 11.0. The fourth-order valence-electron chi connectivity index (χ4n) is 4.63. The molecule has 0 radical (unpaired) electrons. The van der Waals surface area contributed by atoms with Crippen molar-refractivity contribution in [3.8, 4) is 17.2 Å². The van der Waals surface area contributed by atoms with Crippen molar-refractivity contribution in [2.24, 2.45) is 0 Å². The van der Waals surface area contributed by atoms with Crippen molar-refractivity contribution in [1.29, 1.82) is 0 Å². The molecular weight excluding hydrogens is 424 g/mol. The average Bonchev–Trinajstić information content (AvgIpc) is 2.70. The molecule has 0 amide bonds. The molecule has 0 heterocycles. The number of thioether (sulfide) groups is 1. The van der Waals surface area contributed by atoms with E-state index in [-0.39, 0.29) is 11.0 Å². The van der Waals surface area contributed by atoms with Crippen molar-refractivity contribution in [1.82, 2.24) is 0 Å². The van der Waals surface area contributed by atoms with E-state index in [1.165, 1.54) is 18.9 Å². The average molecular weight is 463 g/mol. The summed E-state index contributed by atoms with van der Waals surface area (Å²) in [5.41, 5.74) is 2.50. The van der Waals surface area contributed by atoms with Crippen LogP contribution in [0.15, 0.2) is 47.4 Å². The van der Waals surface area contributed by atoms with Crippen LogP contribution in [0.4, 0.5) is 0 Å². The number of phenols is 1. The van der Waals surface area contributed by atoms with E-state index in [0.717, 1.165) is 11.3 Å². The Labute approximate surface area is 193 Å². The molecule has 0 aliphatic carbocycles. The fraction of sp³-hybridized carbons (Fsp3) is 0.520. The zero-order chi connectivity index (χ0) is 23.3. The molecule has 4 nitrogen and oxygen atoms in total. The second kappa shape index (κ2) is 10.8. The Morgan fingerprint density at radius 3 is 1.84 bits per heavy atom. The molecule has 0 aliphatic heterocycles. The standard InChI is InChI=1S/C25H38O4SSi/c1-16(2)31(17(3)4,18(5)6)29-21-14-12-20(13-15-21)25(19(7)26)30-23-11-9-10-22(28-8)24(23)27/h9-19,25-27H,1-8H3/t19-,25-/m1/s1. The van der Waals surface area contributed by atoms with Gasteiger partial charge in [0.05, 0.1) is 23.4 Å². The lowest BCUT2D eigenvalue weighted by atomic mass is 10.1. The minimum atomic E-state index is -2.02. The van der Waals surface area contributed by atoms with Crippen LogP contribution in [-0.2, 0) is 0 Å². The Hall–Kier alpha value is -1.63. The first-order chi connectivity index (χ1) is 14.5. The van der Waals surface area contributed by atoms with Gasteiger partial charge in [-0.3, -0.25) is 0 Å². The van der Waals surface area contributed by atoms with Crippen LogP contribution in [0, 0.1) is 0 Å². The van der Waals surface area contributed by atoms with Crippen LogP contribution < -0.4 is 9.16 Å². The number of aromatic hydroxyl groups is 1. The number of ether oxygens (including phenoxy) is 1. The van der Waals surface area contributed by atoms with Crippen molar-refractivity contribution in [2.45, 2.75) is 81.3 Å². The first kappa shape index (κ1) is 25.6. The Kier molecular flexibility index (Phi) is 8.92. The van der Waals surface area contributed by atoms with Gasteiger partial charge in [-0.25, -0.2) is 0 Å². The predicted octanol–water partition coefficient (Wildman–Crippen LogP) is 7.17. The third-order valence-electron chi connectivity index (χ3n) is 6.08. The number of phenolic OH excluding ortho intramolecular Hbond substituents is 1. The van der Waals surface area contributed by atoms with Crippen molar-refractivity contribution >= 4 is 20.1 Å². The number of aliphatic hydroxyl groups excluding tert-OH is 1. The minimum Gasteiger partial charge on any atom is -0.543 e. The van der Waals surface area contributed by atoms with Crippen molar-refractivity contribution < 1.29 is 19.4 Å². The molecule has 0 bridgehead atoms. The SMILES string of the molecule is COc1cccc(S[C@@H](c2ccc(O[Si](C(C)C)(C(C)C)C(C)C)cc2)[C@@H](C)O)c1O. The largest absolute Gasteiger partial charge is 0.543 e. The molecule has 0 aromatic heterocycles. The van der Waals surface area contributed by atoms with E-state index in [1.807, 2.05) is 36.4 Å². The quantitative estimate of drug-likeness (QED) is 0.289. The van der Waals surface area contributed by atoms with Gasteiger partial charge in [-0.1, -0.05) is 59.7 Å². The second-order valence-corrected chi connectivity index (χ2v) is 15.6. The number of benzene rings is 2. The smallest absolute Gasteiger partial charge is 0.258 e. The van der Waals surface area contributed by atoms with E-state index in [0.29, 0.717) is 27.3 Å². The van der Waals surface area contributed by atoms with E-state index in [4.69, 9.17) is 9.16 Å². The van der Waals surface area contributed by atoms with Gasteiger partial charge in [0.1, 0.15) is 5.75 Å². The monoisotopic (exact) mass is 462 g/mol. The van der Waals surface area contributed by atoms with Gasteiger partial charge in [-0.2, -0.15) is 0 Å². The van der Waals surface area contributed by atoms with Gasteiger partial charge < -0.3 is 19.4 Å². The third kappa shape index (κ3) is 5.60. The molecule has 0 aliphatic rings. The molecule has 2 N–H and O–H groups in total. The molecule has 2 aromatic carbocycles. The lowest BCUT2D eigenvalue weighted by Crippen LogP contribution is -2.50. The maximum absolute atomic E-state index is 10.5. The van der Waals surface area contributed by atoms with Gasteiger partial charge in [-0.05, 0) is 53.4 Å². The summed E-state index contributed by atoms with van der Waals surface area (Å²) in [5.74, 6) is 1.42. The van der Waals surface area contributed by atoms with Crippen LogP contribution in [-0.4, -0.2) is 31.7 Å². The van der Waals surface area contributed by atoms with Crippen LogP contribution in [0.25, 0.3) is 0 Å². The minimum absolute atomic E-state index is 0.0992. The van der Waals surface area contributed by atoms with Gasteiger partial charge in [-0.15, -0.1) is 11.8 Å². The zero-order valence-electron chi connectivity index (χ0n) is 20.0. The van der Waals surface area contributed by atoms with Crippen LogP contribution in [0.5, 0.6) is 17.2 Å². The normalized spacial score (nSPS) is 14.2. The summed E-state index contributed by atoms with van der Waals surface area (Å²) >= 11 is 1.43. The van der Waals surface area contributed by atoms with Gasteiger partial charge in [0.15, 0.2) is 11.5 Å². The van der Waals surface area contributed by atoms with Crippen molar-refractivity contribution in [3.05, 3.63) is 48.0 Å². The van der Waals surface area contributed by atoms with E-state index >= 15 is 0 Å². The van der Waals surface area contributed by atoms with Gasteiger partial charge >= 0.3 is 0 Å². The molecule has 0 spiro atoms. The third-order valence-corrected chi connectivity index (χ3v) is 13.6. The molecular formula is C25H38O4SSi. The lowest BCUT2D eigenvalue weighted by Gasteiger charge is -2.42. The summed E-state index contributed by atoms with van der Waals surface area (Å²) in [6.07, 6.45) is -0.599. The molecule has 0 fully saturated rings. The molecule has 31 heavy (non-hydrogen) atoms. The predicted molar refractivity (Wildman–Crippen MR) is 133 cm³/mol. The summed E-state index contributed by atoms with van der Waals surface area (Å²) in [4.78, 5) is 0.677. The van der Waals surface area contributed by atoms with Crippen molar-refractivity contribution in [3.63, 3.8) is 0 Å². The highest BCUT2D eigenvalue weighted by atomic mass is 32.2. The molecule has 2 rings (SSSR count). The number of para-hydroxylation sites is 1. The van der Waals surface area contributed by atoms with E-state index in [2.05, 4.69) is 41.5 Å². The highest BCUT2D eigenvalue weighted by molar-refractivity contribution is 7.99. The number of aliphatic hydroxyl groups is 1. The maximum atomic E-state index is 10.5. The molecule has 0 saturated carbocycles. The highest BCUT2D eigenvalue weighted by Gasteiger charge is 2.47. The maximum Gasteiger partial charge on any atom is 0.258 e. The molecule has 2 atom stereocenters. The van der Waals surface area contributed by atoms with Crippen molar-refractivity contribution in [2.75, 3.05) is 7.11 Å². The molecule has 172 valence electrons. The van der Waals surface area contributed by atoms with Crippen LogP contribution in [0.1, 0.15) is 59.3 Å². The second-order valence-electron chi connectivity index (χ2n) is 9.07. The molecule has 0 unspecified atom stereocenters. The Bertz CT molecular complexity index is 812. The molecule has 0 saturated heterocycles. The van der Waals surface area contributed by atoms with E-state index in [9.17, 15) is 10.2 Å². The number of hydrogen-bond acceptors (Lipinski definition) is 5. The highest BCUT2D eigenvalue weighted by Crippen LogP contribution is 2.46. The number of rotatable bonds is 10. The van der Waals surface area contributed by atoms with E-state index < -0.39 is 14.4 Å². The number of methoxy groups -OCH3 is 1. The summed E-state index contributed by atoms with van der Waals surface area (Å²) in [7, 11) is -0.484. The molecule has 6 heteroatoms. The lowest BCUT2D eigenvalue weighted by molar-refractivity contribution is 0.192. The number of hydrogen-bond donors (Lipinski definition) is 2. The summed E-state index contributed by atoms with van der Waals surface area (Å²) < 4.78 is 12.0. The van der Waals surface area contributed by atoms with Crippen LogP contribution in [0.3, 0.4) is 0 Å². The van der Waals surface area contributed by atoms with Gasteiger partial charge in [0, 0.05) is 0 Å². The Morgan fingerprint density at radius 1 is 0.839 bits per heavy atom. The zero-order valence-corrected chi connectivity index (χ0v) is 21.9. The fourth-order valence-corrected chi connectivity index (χ4v) is 11.0. The Morgan fingerprint density at radius 2 is 1.39 bits per heavy atom.